The summed E-state index contributed by atoms with van der Waals surface area (Å²) in [5.41, 5.74) is 6.68. The SMILES string of the molecule is Cc1ccoc1CSCc1nnc(N)s1. The Morgan fingerprint density at radius 1 is 1.47 bits per heavy atom. The van der Waals surface area contributed by atoms with Crippen LogP contribution in [0, 0.1) is 6.92 Å². The van der Waals surface area contributed by atoms with E-state index in [1.54, 1.807) is 18.0 Å². The van der Waals surface area contributed by atoms with Gasteiger partial charge in [-0.3, -0.25) is 0 Å². The molecule has 6 heteroatoms. The number of aryl methyl sites for hydroxylation is 1. The van der Waals surface area contributed by atoms with Crippen LogP contribution in [0.4, 0.5) is 5.13 Å². The predicted octanol–water partition coefficient (Wildman–Crippen LogP) is 2.46. The normalized spacial score (nSPS) is 10.7. The van der Waals surface area contributed by atoms with Gasteiger partial charge < -0.3 is 10.2 Å². The summed E-state index contributed by atoms with van der Waals surface area (Å²) in [5, 5.41) is 9.20. The number of anilines is 1. The van der Waals surface area contributed by atoms with Crippen molar-refractivity contribution in [1.29, 1.82) is 0 Å². The van der Waals surface area contributed by atoms with Gasteiger partial charge in [-0.05, 0) is 18.6 Å². The van der Waals surface area contributed by atoms with Crippen LogP contribution in [0.15, 0.2) is 16.7 Å². The second-order valence-electron chi connectivity index (χ2n) is 3.05. The van der Waals surface area contributed by atoms with Gasteiger partial charge in [0.05, 0.1) is 12.0 Å². The van der Waals surface area contributed by atoms with Crippen LogP contribution in [-0.4, -0.2) is 10.2 Å². The molecule has 0 spiro atoms. The first-order chi connectivity index (χ1) is 7.25. The van der Waals surface area contributed by atoms with Gasteiger partial charge in [0.25, 0.3) is 0 Å². The van der Waals surface area contributed by atoms with Crippen molar-refractivity contribution in [3.8, 4) is 0 Å². The molecule has 0 atom stereocenters. The minimum Gasteiger partial charge on any atom is -0.468 e. The molecule has 0 saturated carbocycles. The van der Waals surface area contributed by atoms with E-state index in [9.17, 15) is 0 Å². The molecule has 2 aromatic heterocycles. The molecule has 2 rings (SSSR count). The lowest BCUT2D eigenvalue weighted by molar-refractivity contribution is 0.528. The minimum atomic E-state index is 0.528. The number of nitrogens with zero attached hydrogens (tertiary/aromatic N) is 2. The first kappa shape index (κ1) is 10.5. The van der Waals surface area contributed by atoms with Gasteiger partial charge in [-0.1, -0.05) is 11.3 Å². The quantitative estimate of drug-likeness (QED) is 0.890. The van der Waals surface area contributed by atoms with Crippen molar-refractivity contribution in [2.45, 2.75) is 18.4 Å². The summed E-state index contributed by atoms with van der Waals surface area (Å²) >= 11 is 3.18. The van der Waals surface area contributed by atoms with Crippen molar-refractivity contribution in [1.82, 2.24) is 10.2 Å². The molecule has 2 aromatic rings. The monoisotopic (exact) mass is 241 g/mol. The van der Waals surface area contributed by atoms with Gasteiger partial charge in [-0.2, -0.15) is 0 Å². The van der Waals surface area contributed by atoms with Gasteiger partial charge in [0.15, 0.2) is 0 Å². The fourth-order valence-corrected chi connectivity index (χ4v) is 2.81. The first-order valence-electron chi connectivity index (χ1n) is 4.44. The van der Waals surface area contributed by atoms with Crippen LogP contribution in [0.2, 0.25) is 0 Å². The zero-order valence-electron chi connectivity index (χ0n) is 8.27. The molecule has 2 heterocycles. The predicted molar refractivity (Wildman–Crippen MR) is 62.8 cm³/mol. The van der Waals surface area contributed by atoms with E-state index in [1.165, 1.54) is 16.9 Å². The molecule has 0 unspecified atom stereocenters. The van der Waals surface area contributed by atoms with Crippen LogP contribution in [0.1, 0.15) is 16.3 Å². The summed E-state index contributed by atoms with van der Waals surface area (Å²) in [6, 6.07) is 1.97. The number of rotatable bonds is 4. The van der Waals surface area contributed by atoms with Crippen LogP contribution in [0.3, 0.4) is 0 Å². The smallest absolute Gasteiger partial charge is 0.203 e. The summed E-state index contributed by atoms with van der Waals surface area (Å²) in [5.74, 6) is 2.71. The van der Waals surface area contributed by atoms with E-state index in [0.717, 1.165) is 22.3 Å². The molecule has 0 fully saturated rings. The first-order valence-corrected chi connectivity index (χ1v) is 6.41. The third-order valence-corrected chi connectivity index (χ3v) is 3.79. The standard InChI is InChI=1S/C9H11N3OS2/c1-6-2-3-13-7(6)4-14-5-8-11-12-9(10)15-8/h2-3H,4-5H2,1H3,(H2,10,12). The highest BCUT2D eigenvalue weighted by Gasteiger charge is 2.04. The molecule has 0 bridgehead atoms. The Morgan fingerprint density at radius 3 is 2.93 bits per heavy atom. The summed E-state index contributed by atoms with van der Waals surface area (Å²) in [4.78, 5) is 0. The van der Waals surface area contributed by atoms with Gasteiger partial charge >= 0.3 is 0 Å². The van der Waals surface area contributed by atoms with Crippen molar-refractivity contribution in [3.63, 3.8) is 0 Å². The Hall–Kier alpha value is -1.01. The molecular formula is C9H11N3OS2. The van der Waals surface area contributed by atoms with Gasteiger partial charge in [0, 0.05) is 5.75 Å². The van der Waals surface area contributed by atoms with E-state index in [-0.39, 0.29) is 0 Å². The molecule has 0 aliphatic carbocycles. The molecule has 0 aliphatic heterocycles. The average molecular weight is 241 g/mol. The summed E-state index contributed by atoms with van der Waals surface area (Å²) in [7, 11) is 0. The van der Waals surface area contributed by atoms with Gasteiger partial charge in [-0.15, -0.1) is 22.0 Å². The van der Waals surface area contributed by atoms with E-state index in [4.69, 9.17) is 10.2 Å². The number of nitrogen functional groups attached to an aromatic ring is 1. The van der Waals surface area contributed by atoms with Crippen molar-refractivity contribution in [2.75, 3.05) is 5.73 Å². The number of thioether (sulfide) groups is 1. The fraction of sp³-hybridized carbons (Fsp3) is 0.333. The van der Waals surface area contributed by atoms with E-state index in [2.05, 4.69) is 10.2 Å². The molecule has 0 amide bonds. The molecular weight excluding hydrogens is 230 g/mol. The van der Waals surface area contributed by atoms with Crippen molar-refractivity contribution in [2.24, 2.45) is 0 Å². The second kappa shape index (κ2) is 4.67. The molecule has 0 saturated heterocycles. The molecule has 0 aliphatic rings. The average Bonchev–Trinajstić information content (AvgIpc) is 2.77. The van der Waals surface area contributed by atoms with Crippen LogP contribution in [0.25, 0.3) is 0 Å². The number of aromatic nitrogens is 2. The zero-order valence-corrected chi connectivity index (χ0v) is 9.90. The third kappa shape index (κ3) is 2.73. The molecule has 0 aromatic carbocycles. The molecule has 2 N–H and O–H groups in total. The van der Waals surface area contributed by atoms with E-state index in [1.807, 2.05) is 13.0 Å². The van der Waals surface area contributed by atoms with Crippen molar-refractivity contribution in [3.05, 3.63) is 28.7 Å². The van der Waals surface area contributed by atoms with Crippen LogP contribution < -0.4 is 5.73 Å². The lowest BCUT2D eigenvalue weighted by Crippen LogP contribution is -1.83. The van der Waals surface area contributed by atoms with Gasteiger partial charge in [0.1, 0.15) is 10.8 Å². The number of furan rings is 1. The Balaban J connectivity index is 1.83. The minimum absolute atomic E-state index is 0.528. The Bertz CT molecular complexity index is 438. The summed E-state index contributed by atoms with van der Waals surface area (Å²) < 4.78 is 5.33. The highest BCUT2D eigenvalue weighted by Crippen LogP contribution is 2.22. The number of hydrogen-bond donors (Lipinski definition) is 1. The van der Waals surface area contributed by atoms with E-state index in [0.29, 0.717) is 5.13 Å². The number of hydrogen-bond acceptors (Lipinski definition) is 6. The summed E-state index contributed by atoms with van der Waals surface area (Å²) in [6.07, 6.45) is 1.72. The fourth-order valence-electron chi connectivity index (χ4n) is 1.11. The lowest BCUT2D eigenvalue weighted by atomic mass is 10.3. The van der Waals surface area contributed by atoms with E-state index < -0.39 is 0 Å². The lowest BCUT2D eigenvalue weighted by Gasteiger charge is -1.96. The maximum absolute atomic E-state index is 5.49. The van der Waals surface area contributed by atoms with E-state index >= 15 is 0 Å². The largest absolute Gasteiger partial charge is 0.468 e. The molecule has 15 heavy (non-hydrogen) atoms. The van der Waals surface area contributed by atoms with Crippen LogP contribution in [0.5, 0.6) is 0 Å². The van der Waals surface area contributed by atoms with Crippen LogP contribution >= 0.6 is 23.1 Å². The maximum atomic E-state index is 5.49. The van der Waals surface area contributed by atoms with Crippen molar-refractivity contribution < 1.29 is 4.42 Å². The Morgan fingerprint density at radius 2 is 2.33 bits per heavy atom. The summed E-state index contributed by atoms with van der Waals surface area (Å²) in [6.45, 7) is 2.04. The Labute approximate surface area is 95.9 Å². The molecule has 0 radical (unpaired) electrons. The molecule has 4 nitrogen and oxygen atoms in total. The second-order valence-corrected chi connectivity index (χ2v) is 5.13. The van der Waals surface area contributed by atoms with Gasteiger partial charge in [0.2, 0.25) is 5.13 Å². The Kier molecular flexibility index (Phi) is 3.27. The maximum Gasteiger partial charge on any atom is 0.203 e. The number of nitrogens with two attached hydrogens (primary N) is 1. The highest BCUT2D eigenvalue weighted by molar-refractivity contribution is 7.97. The zero-order chi connectivity index (χ0) is 10.7. The highest BCUT2D eigenvalue weighted by atomic mass is 32.2. The van der Waals surface area contributed by atoms with Crippen LogP contribution in [-0.2, 0) is 11.5 Å². The molecule has 80 valence electrons. The van der Waals surface area contributed by atoms with Crippen molar-refractivity contribution >= 4 is 28.2 Å². The third-order valence-electron chi connectivity index (χ3n) is 1.91. The van der Waals surface area contributed by atoms with Gasteiger partial charge in [-0.25, -0.2) is 0 Å². The topological polar surface area (TPSA) is 64.9 Å².